The van der Waals surface area contributed by atoms with Crippen LogP contribution in [0.2, 0.25) is 0 Å². The maximum atomic E-state index is 13.4. The molecule has 0 bridgehead atoms. The van der Waals surface area contributed by atoms with E-state index in [2.05, 4.69) is 10.6 Å². The zero-order valence-corrected chi connectivity index (χ0v) is 12.5. The summed E-state index contributed by atoms with van der Waals surface area (Å²) in [4.78, 5) is 11.8. The minimum Gasteiger partial charge on any atom is -0.384 e. The van der Waals surface area contributed by atoms with Crippen LogP contribution in [0.4, 0.5) is 20.2 Å². The van der Waals surface area contributed by atoms with Gasteiger partial charge in [0.25, 0.3) is 0 Å². The number of nitrogens with one attached hydrogen (secondary N) is 2. The highest BCUT2D eigenvalue weighted by Crippen LogP contribution is 2.19. The van der Waals surface area contributed by atoms with Gasteiger partial charge in [-0.25, -0.2) is 8.78 Å². The van der Waals surface area contributed by atoms with Crippen molar-refractivity contribution in [3.05, 3.63) is 59.2 Å². The molecular weight excluding hydrogens is 286 g/mol. The molecule has 116 valence electrons. The molecule has 0 atom stereocenters. The minimum absolute atomic E-state index is 0.112. The summed E-state index contributed by atoms with van der Waals surface area (Å²) in [5.74, 6) is -2.01. The highest BCUT2D eigenvalue weighted by atomic mass is 19.1. The summed E-state index contributed by atoms with van der Waals surface area (Å²) in [6.07, 6.45) is 0.112. The smallest absolute Gasteiger partial charge is 0.226 e. The molecule has 0 aromatic heterocycles. The van der Waals surface area contributed by atoms with Crippen LogP contribution in [0, 0.1) is 25.5 Å². The first-order chi connectivity index (χ1) is 10.5. The van der Waals surface area contributed by atoms with Crippen LogP contribution < -0.4 is 10.6 Å². The molecule has 0 fully saturated rings. The van der Waals surface area contributed by atoms with Gasteiger partial charge >= 0.3 is 0 Å². The fourth-order valence-electron chi connectivity index (χ4n) is 2.06. The second-order valence-electron chi connectivity index (χ2n) is 5.14. The number of halogens is 2. The molecule has 0 spiro atoms. The predicted molar refractivity (Wildman–Crippen MR) is 84.0 cm³/mol. The van der Waals surface area contributed by atoms with Crippen LogP contribution in [0.1, 0.15) is 17.5 Å². The minimum atomic E-state index is -0.782. The van der Waals surface area contributed by atoms with Crippen molar-refractivity contribution in [3.8, 4) is 0 Å². The molecule has 0 aliphatic carbocycles. The number of hydrogen-bond acceptors (Lipinski definition) is 2. The van der Waals surface area contributed by atoms with Crippen LogP contribution in [0.25, 0.3) is 0 Å². The van der Waals surface area contributed by atoms with Crippen LogP contribution in [0.5, 0.6) is 0 Å². The fraction of sp³-hybridized carbons (Fsp3) is 0.235. The van der Waals surface area contributed by atoms with Crippen molar-refractivity contribution in [3.63, 3.8) is 0 Å². The lowest BCUT2D eigenvalue weighted by Crippen LogP contribution is -2.18. The molecule has 0 radical (unpaired) electrons. The summed E-state index contributed by atoms with van der Waals surface area (Å²) in [7, 11) is 0. The van der Waals surface area contributed by atoms with Gasteiger partial charge in [0.05, 0.1) is 0 Å². The Balaban J connectivity index is 1.89. The Labute approximate surface area is 128 Å². The number of hydrogen-bond donors (Lipinski definition) is 2. The van der Waals surface area contributed by atoms with Crippen LogP contribution in [-0.4, -0.2) is 12.5 Å². The van der Waals surface area contributed by atoms with Crippen molar-refractivity contribution in [2.45, 2.75) is 20.3 Å². The van der Waals surface area contributed by atoms with Gasteiger partial charge in [0.15, 0.2) is 0 Å². The van der Waals surface area contributed by atoms with E-state index in [1.54, 1.807) is 0 Å². The van der Waals surface area contributed by atoms with Crippen molar-refractivity contribution >= 4 is 17.3 Å². The first kappa shape index (κ1) is 15.9. The highest BCUT2D eigenvalue weighted by molar-refractivity contribution is 5.91. The predicted octanol–water partition coefficient (Wildman–Crippen LogP) is 4.02. The Morgan fingerprint density at radius 2 is 1.77 bits per heavy atom. The average molecular weight is 304 g/mol. The normalized spacial score (nSPS) is 10.4. The summed E-state index contributed by atoms with van der Waals surface area (Å²) in [6, 6.07) is 9.45. The molecule has 22 heavy (non-hydrogen) atoms. The van der Waals surface area contributed by atoms with E-state index in [1.165, 1.54) is 6.07 Å². The first-order valence-electron chi connectivity index (χ1n) is 7.02. The quantitative estimate of drug-likeness (QED) is 0.876. The maximum absolute atomic E-state index is 13.4. The molecule has 2 N–H and O–H groups in total. The molecule has 0 saturated heterocycles. The van der Waals surface area contributed by atoms with Crippen molar-refractivity contribution in [2.75, 3.05) is 17.2 Å². The second kappa shape index (κ2) is 7.02. The molecule has 0 aliphatic rings. The van der Waals surface area contributed by atoms with Gasteiger partial charge < -0.3 is 10.6 Å². The van der Waals surface area contributed by atoms with Gasteiger partial charge in [-0.1, -0.05) is 18.2 Å². The van der Waals surface area contributed by atoms with Gasteiger partial charge in [-0.3, -0.25) is 4.79 Å². The lowest BCUT2D eigenvalue weighted by atomic mass is 10.1. The number of amides is 1. The van der Waals surface area contributed by atoms with E-state index in [0.29, 0.717) is 6.54 Å². The molecule has 0 saturated carbocycles. The standard InChI is InChI=1S/C17H18F2N2O/c1-11-6-7-12(2)15(10-11)20-9-8-16(22)21-17-13(18)4-3-5-14(17)19/h3-7,10,20H,8-9H2,1-2H3,(H,21,22). The Kier molecular flexibility index (Phi) is 5.09. The summed E-state index contributed by atoms with van der Waals surface area (Å²) in [5.41, 5.74) is 2.74. The zero-order valence-electron chi connectivity index (χ0n) is 12.5. The molecule has 2 aromatic rings. The third-order valence-electron chi connectivity index (χ3n) is 3.29. The monoisotopic (exact) mass is 304 g/mol. The van der Waals surface area contributed by atoms with E-state index in [4.69, 9.17) is 0 Å². The van der Waals surface area contributed by atoms with Crippen molar-refractivity contribution in [1.82, 2.24) is 0 Å². The molecule has 2 aromatic carbocycles. The van der Waals surface area contributed by atoms with Gasteiger partial charge in [-0.2, -0.15) is 0 Å². The fourth-order valence-corrected chi connectivity index (χ4v) is 2.06. The lowest BCUT2D eigenvalue weighted by Gasteiger charge is -2.11. The zero-order chi connectivity index (χ0) is 16.1. The molecule has 0 heterocycles. The van der Waals surface area contributed by atoms with Crippen molar-refractivity contribution in [2.24, 2.45) is 0 Å². The molecule has 3 nitrogen and oxygen atoms in total. The molecular formula is C17H18F2N2O. The molecule has 0 aliphatic heterocycles. The number of anilines is 2. The Bertz CT molecular complexity index is 666. The van der Waals surface area contributed by atoms with Crippen molar-refractivity contribution < 1.29 is 13.6 Å². The van der Waals surface area contributed by atoms with Gasteiger partial charge in [-0.05, 0) is 43.2 Å². The molecule has 5 heteroatoms. The average Bonchev–Trinajstić information content (AvgIpc) is 2.47. The summed E-state index contributed by atoms with van der Waals surface area (Å²) < 4.78 is 26.8. The van der Waals surface area contributed by atoms with Gasteiger partial charge in [0, 0.05) is 18.7 Å². The number of carbonyl (C=O) groups excluding carboxylic acids is 1. The molecule has 0 unspecified atom stereocenters. The Hall–Kier alpha value is -2.43. The number of carbonyl (C=O) groups is 1. The topological polar surface area (TPSA) is 41.1 Å². The Morgan fingerprint density at radius 3 is 2.45 bits per heavy atom. The summed E-state index contributed by atoms with van der Waals surface area (Å²) in [5, 5.41) is 5.41. The van der Waals surface area contributed by atoms with Crippen LogP contribution >= 0.6 is 0 Å². The summed E-state index contributed by atoms with van der Waals surface area (Å²) in [6.45, 7) is 4.33. The van der Waals surface area contributed by atoms with E-state index in [0.717, 1.165) is 28.9 Å². The number of benzene rings is 2. The van der Waals surface area contributed by atoms with E-state index in [9.17, 15) is 13.6 Å². The third-order valence-corrected chi connectivity index (χ3v) is 3.29. The van der Waals surface area contributed by atoms with E-state index < -0.39 is 23.2 Å². The summed E-state index contributed by atoms with van der Waals surface area (Å²) >= 11 is 0. The number of aryl methyl sites for hydroxylation is 2. The third kappa shape index (κ3) is 4.04. The second-order valence-corrected chi connectivity index (χ2v) is 5.14. The maximum Gasteiger partial charge on any atom is 0.226 e. The van der Waals surface area contributed by atoms with E-state index in [1.807, 2.05) is 32.0 Å². The van der Waals surface area contributed by atoms with Gasteiger partial charge in [0.2, 0.25) is 5.91 Å². The van der Waals surface area contributed by atoms with Crippen molar-refractivity contribution in [1.29, 1.82) is 0 Å². The SMILES string of the molecule is Cc1ccc(C)c(NCCC(=O)Nc2c(F)cccc2F)c1. The van der Waals surface area contributed by atoms with E-state index in [-0.39, 0.29) is 6.42 Å². The first-order valence-corrected chi connectivity index (χ1v) is 7.02. The van der Waals surface area contributed by atoms with Crippen LogP contribution in [0.3, 0.4) is 0 Å². The number of rotatable bonds is 5. The van der Waals surface area contributed by atoms with Gasteiger partial charge in [0.1, 0.15) is 17.3 Å². The molecule has 2 rings (SSSR count). The lowest BCUT2D eigenvalue weighted by molar-refractivity contribution is -0.116. The van der Waals surface area contributed by atoms with Crippen LogP contribution in [0.15, 0.2) is 36.4 Å². The largest absolute Gasteiger partial charge is 0.384 e. The van der Waals surface area contributed by atoms with Crippen LogP contribution in [-0.2, 0) is 4.79 Å². The number of para-hydroxylation sites is 1. The molecule has 1 amide bonds. The van der Waals surface area contributed by atoms with E-state index >= 15 is 0 Å². The highest BCUT2D eigenvalue weighted by Gasteiger charge is 2.11. The van der Waals surface area contributed by atoms with Gasteiger partial charge in [-0.15, -0.1) is 0 Å². The Morgan fingerprint density at radius 1 is 1.09 bits per heavy atom.